The molecule has 1 N–H and O–H groups in total. The molecular formula is C16H22N2O3. The van der Waals surface area contributed by atoms with E-state index in [9.17, 15) is 9.59 Å². The molecule has 0 fully saturated rings. The van der Waals surface area contributed by atoms with Crippen LogP contribution in [0, 0.1) is 0 Å². The van der Waals surface area contributed by atoms with E-state index >= 15 is 0 Å². The maximum Gasteiger partial charge on any atom is 0.337 e. The van der Waals surface area contributed by atoms with E-state index in [0.29, 0.717) is 12.1 Å². The maximum absolute atomic E-state index is 11.6. The first-order valence-electron chi connectivity index (χ1n) is 6.82. The van der Waals surface area contributed by atoms with E-state index in [-0.39, 0.29) is 11.9 Å². The van der Waals surface area contributed by atoms with Gasteiger partial charge in [-0.25, -0.2) is 4.79 Å². The topological polar surface area (TPSA) is 58.6 Å². The smallest absolute Gasteiger partial charge is 0.337 e. The maximum atomic E-state index is 11.6. The van der Waals surface area contributed by atoms with Crippen LogP contribution in [0.5, 0.6) is 0 Å². The van der Waals surface area contributed by atoms with Gasteiger partial charge < -0.3 is 15.0 Å². The first-order chi connectivity index (χ1) is 10.0. The molecular weight excluding hydrogens is 268 g/mol. The van der Waals surface area contributed by atoms with E-state index < -0.39 is 0 Å². The normalized spacial score (nSPS) is 10.9. The molecule has 0 atom stereocenters. The molecule has 0 aliphatic heterocycles. The van der Waals surface area contributed by atoms with E-state index in [0.717, 1.165) is 18.5 Å². The van der Waals surface area contributed by atoms with E-state index in [2.05, 4.69) is 15.0 Å². The van der Waals surface area contributed by atoms with Gasteiger partial charge >= 0.3 is 5.97 Å². The minimum Gasteiger partial charge on any atom is -0.465 e. The molecule has 5 heteroatoms. The Bertz CT molecular complexity index is 493. The van der Waals surface area contributed by atoms with Gasteiger partial charge in [-0.2, -0.15) is 0 Å². The number of esters is 1. The molecule has 114 valence electrons. The third-order valence-corrected chi connectivity index (χ3v) is 2.84. The molecule has 1 amide bonds. The highest BCUT2D eigenvalue weighted by atomic mass is 16.5. The third kappa shape index (κ3) is 6.72. The summed E-state index contributed by atoms with van der Waals surface area (Å²) in [6.45, 7) is 1.60. The second-order valence-electron chi connectivity index (χ2n) is 4.89. The molecule has 21 heavy (non-hydrogen) atoms. The lowest BCUT2D eigenvalue weighted by Gasteiger charge is -2.08. The number of nitrogens with one attached hydrogen (secondary N) is 1. The summed E-state index contributed by atoms with van der Waals surface area (Å²) in [5.41, 5.74) is 1.34. The van der Waals surface area contributed by atoms with Gasteiger partial charge in [-0.15, -0.1) is 0 Å². The van der Waals surface area contributed by atoms with E-state index in [4.69, 9.17) is 0 Å². The van der Waals surface area contributed by atoms with Crippen molar-refractivity contribution in [1.29, 1.82) is 0 Å². The van der Waals surface area contributed by atoms with E-state index in [1.165, 1.54) is 13.2 Å². The standard InChI is InChI=1S/C16H22N2O3/c1-18(2)12-4-11-17-15(19)10-7-13-5-8-14(9-6-13)16(20)21-3/h5-10H,4,11-12H2,1-3H3,(H,17,19)/b10-7+. The van der Waals surface area contributed by atoms with Gasteiger partial charge in [-0.1, -0.05) is 12.1 Å². The summed E-state index contributed by atoms with van der Waals surface area (Å²) >= 11 is 0. The Morgan fingerprint density at radius 2 is 1.90 bits per heavy atom. The van der Waals surface area contributed by atoms with E-state index in [1.54, 1.807) is 30.3 Å². The molecule has 1 rings (SSSR count). The fraction of sp³-hybridized carbons (Fsp3) is 0.375. The number of ether oxygens (including phenoxy) is 1. The largest absolute Gasteiger partial charge is 0.465 e. The molecule has 0 spiro atoms. The molecule has 0 aliphatic carbocycles. The second-order valence-corrected chi connectivity index (χ2v) is 4.89. The average Bonchev–Trinajstić information content (AvgIpc) is 2.49. The lowest BCUT2D eigenvalue weighted by atomic mass is 10.1. The van der Waals surface area contributed by atoms with E-state index in [1.807, 2.05) is 14.1 Å². The number of amides is 1. The number of methoxy groups -OCH3 is 1. The van der Waals surface area contributed by atoms with Crippen LogP contribution >= 0.6 is 0 Å². The highest BCUT2D eigenvalue weighted by Gasteiger charge is 2.03. The van der Waals surface area contributed by atoms with Crippen LogP contribution in [0.1, 0.15) is 22.3 Å². The lowest BCUT2D eigenvalue weighted by molar-refractivity contribution is -0.116. The van der Waals surface area contributed by atoms with Gasteiger partial charge in [-0.05, 0) is 50.8 Å². The zero-order valence-electron chi connectivity index (χ0n) is 12.8. The molecule has 0 bridgehead atoms. The summed E-state index contributed by atoms with van der Waals surface area (Å²) in [5, 5.41) is 2.82. The molecule has 0 aliphatic rings. The number of benzene rings is 1. The van der Waals surface area contributed by atoms with Crippen LogP contribution in [0.15, 0.2) is 30.3 Å². The highest BCUT2D eigenvalue weighted by molar-refractivity contribution is 5.92. The van der Waals surface area contributed by atoms with Gasteiger partial charge in [0.25, 0.3) is 0 Å². The van der Waals surface area contributed by atoms with Crippen molar-refractivity contribution >= 4 is 18.0 Å². The van der Waals surface area contributed by atoms with Gasteiger partial charge in [0.05, 0.1) is 12.7 Å². The molecule has 0 saturated heterocycles. The predicted octanol–water partition coefficient (Wildman–Crippen LogP) is 1.55. The highest BCUT2D eigenvalue weighted by Crippen LogP contribution is 2.07. The Morgan fingerprint density at radius 1 is 1.24 bits per heavy atom. The van der Waals surface area contributed by atoms with Crippen molar-refractivity contribution in [1.82, 2.24) is 10.2 Å². The number of nitrogens with zero attached hydrogens (tertiary/aromatic N) is 1. The molecule has 1 aromatic carbocycles. The van der Waals surface area contributed by atoms with Crippen molar-refractivity contribution in [2.24, 2.45) is 0 Å². The van der Waals surface area contributed by atoms with Crippen molar-refractivity contribution in [3.05, 3.63) is 41.5 Å². The number of rotatable bonds is 7. The minimum atomic E-state index is -0.371. The first-order valence-corrected chi connectivity index (χ1v) is 6.82. The average molecular weight is 290 g/mol. The Kier molecular flexibility index (Phi) is 7.18. The summed E-state index contributed by atoms with van der Waals surface area (Å²) in [4.78, 5) is 24.9. The Morgan fingerprint density at radius 3 is 2.48 bits per heavy atom. The van der Waals surface area contributed by atoms with Gasteiger partial charge in [0, 0.05) is 12.6 Å². The SMILES string of the molecule is COC(=O)c1ccc(/C=C/C(=O)NCCCN(C)C)cc1. The zero-order valence-corrected chi connectivity index (χ0v) is 12.8. The molecule has 0 heterocycles. The predicted molar refractivity (Wildman–Crippen MR) is 83.0 cm³/mol. The zero-order chi connectivity index (χ0) is 15.7. The third-order valence-electron chi connectivity index (χ3n) is 2.84. The second kappa shape index (κ2) is 8.92. The quantitative estimate of drug-likeness (QED) is 0.470. The van der Waals surface area contributed by atoms with Crippen molar-refractivity contribution < 1.29 is 14.3 Å². The number of carbonyl (C=O) groups is 2. The Hall–Kier alpha value is -2.14. The van der Waals surface area contributed by atoms with Crippen LogP contribution in [0.4, 0.5) is 0 Å². The lowest BCUT2D eigenvalue weighted by Crippen LogP contribution is -2.25. The van der Waals surface area contributed by atoms with Crippen molar-refractivity contribution in [3.63, 3.8) is 0 Å². The van der Waals surface area contributed by atoms with Crippen LogP contribution < -0.4 is 5.32 Å². The van der Waals surface area contributed by atoms with Crippen LogP contribution in [-0.4, -0.2) is 51.1 Å². The van der Waals surface area contributed by atoms with Gasteiger partial charge in [0.1, 0.15) is 0 Å². The van der Waals surface area contributed by atoms with Crippen LogP contribution in [0.25, 0.3) is 6.08 Å². The minimum absolute atomic E-state index is 0.120. The summed E-state index contributed by atoms with van der Waals surface area (Å²) in [7, 11) is 5.34. The van der Waals surface area contributed by atoms with Crippen molar-refractivity contribution in [2.75, 3.05) is 34.3 Å². The summed E-state index contributed by atoms with van der Waals surface area (Å²) in [6, 6.07) is 6.87. The summed E-state index contributed by atoms with van der Waals surface area (Å²) in [6.07, 6.45) is 4.12. The molecule has 0 radical (unpaired) electrons. The van der Waals surface area contributed by atoms with Gasteiger partial charge in [0.15, 0.2) is 0 Å². The summed E-state index contributed by atoms with van der Waals surface area (Å²) in [5.74, 6) is -0.491. The van der Waals surface area contributed by atoms with Crippen LogP contribution in [-0.2, 0) is 9.53 Å². The van der Waals surface area contributed by atoms with Gasteiger partial charge in [0.2, 0.25) is 5.91 Å². The fourth-order valence-electron chi connectivity index (χ4n) is 1.69. The summed E-state index contributed by atoms with van der Waals surface area (Å²) < 4.78 is 4.62. The molecule has 0 unspecified atom stereocenters. The monoisotopic (exact) mass is 290 g/mol. The first kappa shape index (κ1) is 16.9. The van der Waals surface area contributed by atoms with Gasteiger partial charge in [-0.3, -0.25) is 4.79 Å². The van der Waals surface area contributed by atoms with Crippen molar-refractivity contribution in [3.8, 4) is 0 Å². The number of carbonyl (C=O) groups excluding carboxylic acids is 2. The fourth-order valence-corrected chi connectivity index (χ4v) is 1.69. The Labute approximate surface area is 125 Å². The number of hydrogen-bond acceptors (Lipinski definition) is 4. The van der Waals surface area contributed by atoms with Crippen LogP contribution in [0.2, 0.25) is 0 Å². The molecule has 0 saturated carbocycles. The molecule has 5 nitrogen and oxygen atoms in total. The molecule has 0 aromatic heterocycles. The number of hydrogen-bond donors (Lipinski definition) is 1. The van der Waals surface area contributed by atoms with Crippen molar-refractivity contribution in [2.45, 2.75) is 6.42 Å². The van der Waals surface area contributed by atoms with Crippen LogP contribution in [0.3, 0.4) is 0 Å². The molecule has 1 aromatic rings. The Balaban J connectivity index is 2.41.